The molecule has 4 aliphatic rings. The molecular formula is C49H44N8O7S. The molecule has 2 atom stereocenters. The second-order valence-electron chi connectivity index (χ2n) is 16.4. The largest absolute Gasteiger partial charge is 0.384 e. The maximum absolute atomic E-state index is 13.8. The number of nitrogens with one attached hydrogen (secondary N) is 2. The van der Waals surface area contributed by atoms with Gasteiger partial charge < -0.3 is 15.1 Å². The Hall–Kier alpha value is -7.35. The topological polar surface area (TPSA) is 182 Å². The highest BCUT2D eigenvalue weighted by atomic mass is 32.1. The fraction of sp³-hybridized carbons (Fsp3) is 0.286. The van der Waals surface area contributed by atoms with Crippen molar-refractivity contribution in [1.82, 2.24) is 29.6 Å². The molecule has 65 heavy (non-hydrogen) atoms. The lowest BCUT2D eigenvalue weighted by Crippen LogP contribution is -2.48. The quantitative estimate of drug-likeness (QED) is 0.0737. The number of thiazole rings is 1. The van der Waals surface area contributed by atoms with Crippen molar-refractivity contribution in [1.29, 1.82) is 0 Å². The first-order chi connectivity index (χ1) is 31.6. The van der Waals surface area contributed by atoms with Crippen molar-refractivity contribution in [2.24, 2.45) is 0 Å². The lowest BCUT2D eigenvalue weighted by atomic mass is 9.92. The van der Waals surface area contributed by atoms with Gasteiger partial charge in [0.05, 0.1) is 29.3 Å². The molecule has 0 spiro atoms. The Balaban J connectivity index is 0.732. The Bertz CT molecular complexity index is 2760. The summed E-state index contributed by atoms with van der Waals surface area (Å²) in [6.45, 7) is 3.90. The van der Waals surface area contributed by atoms with E-state index in [9.17, 15) is 33.6 Å². The van der Waals surface area contributed by atoms with Crippen molar-refractivity contribution < 1.29 is 33.6 Å². The Morgan fingerprint density at radius 3 is 2.38 bits per heavy atom. The fourth-order valence-corrected chi connectivity index (χ4v) is 9.32. The standard InChI is InChI=1S/C49H44N8O7S/c58-36-17-18-40(41(59)27-36)57-47(63)37-8-4-9-39(43(37)48(57)64)50-19-5-10-42(60)55-23-21-54(22-24-55)30-35-16-14-32(28-52-35)12-11-31-13-15-34-29-56(46(62)38(34)26-31)44(33-6-2-1-3-7-33)45(61)53-49-51-20-25-65-49/h1-4,6-9,13-16,20,25-26,28,40,44,50H,5,10,17-19,21-24,27,29-30H2,(H,51,53,61). The van der Waals surface area contributed by atoms with Crippen LogP contribution in [0, 0.1) is 11.8 Å². The van der Waals surface area contributed by atoms with Crippen LogP contribution in [0.25, 0.3) is 0 Å². The molecule has 5 amide bonds. The van der Waals surface area contributed by atoms with Crippen LogP contribution in [0.15, 0.2) is 96.6 Å². The molecule has 9 rings (SSSR count). The summed E-state index contributed by atoms with van der Waals surface area (Å²) in [7, 11) is 0. The summed E-state index contributed by atoms with van der Waals surface area (Å²) in [5, 5.41) is 8.32. The van der Waals surface area contributed by atoms with Crippen LogP contribution in [0.4, 0.5) is 10.8 Å². The Morgan fingerprint density at radius 1 is 0.831 bits per heavy atom. The maximum Gasteiger partial charge on any atom is 0.264 e. The monoisotopic (exact) mass is 888 g/mol. The molecule has 1 aliphatic carbocycles. The van der Waals surface area contributed by atoms with Gasteiger partial charge in [0.25, 0.3) is 23.6 Å². The Kier molecular flexibility index (Phi) is 12.4. The zero-order valence-corrected chi connectivity index (χ0v) is 36.1. The molecule has 5 heterocycles. The highest BCUT2D eigenvalue weighted by Crippen LogP contribution is 2.35. The summed E-state index contributed by atoms with van der Waals surface area (Å²) in [4.78, 5) is 107. The minimum Gasteiger partial charge on any atom is -0.384 e. The van der Waals surface area contributed by atoms with Crippen LogP contribution in [0.3, 0.4) is 0 Å². The summed E-state index contributed by atoms with van der Waals surface area (Å²) in [5.41, 5.74) is 5.24. The average Bonchev–Trinajstić information content (AvgIpc) is 4.02. The highest BCUT2D eigenvalue weighted by molar-refractivity contribution is 7.13. The third kappa shape index (κ3) is 9.19. The number of rotatable bonds is 12. The predicted octanol–water partition coefficient (Wildman–Crippen LogP) is 5.10. The molecule has 0 bridgehead atoms. The molecule has 328 valence electrons. The van der Waals surface area contributed by atoms with Crippen molar-refractivity contribution in [3.05, 3.63) is 141 Å². The fourth-order valence-electron chi connectivity index (χ4n) is 8.78. The van der Waals surface area contributed by atoms with E-state index in [0.29, 0.717) is 79.6 Å². The lowest BCUT2D eigenvalue weighted by Gasteiger charge is -2.34. The molecule has 2 aromatic heterocycles. The van der Waals surface area contributed by atoms with Gasteiger partial charge in [-0.25, -0.2) is 4.98 Å². The number of aromatic nitrogens is 2. The van der Waals surface area contributed by atoms with Crippen LogP contribution in [-0.4, -0.2) is 109 Å². The number of amides is 5. The number of Topliss-reactive ketones (excluding diaryl/α,β-unsaturated/α-hetero) is 2. The second kappa shape index (κ2) is 18.8. The summed E-state index contributed by atoms with van der Waals surface area (Å²) in [6.07, 6.45) is 4.22. The average molecular weight is 889 g/mol. The number of hydrogen-bond donors (Lipinski definition) is 2. The number of ketones is 2. The van der Waals surface area contributed by atoms with Gasteiger partial charge in [-0.3, -0.25) is 53.7 Å². The van der Waals surface area contributed by atoms with Gasteiger partial charge in [0.1, 0.15) is 11.8 Å². The minimum atomic E-state index is -0.930. The number of pyridine rings is 1. The first-order valence-electron chi connectivity index (χ1n) is 21.6. The van der Waals surface area contributed by atoms with Gasteiger partial charge in [0.2, 0.25) is 5.91 Å². The smallest absolute Gasteiger partial charge is 0.264 e. The first kappa shape index (κ1) is 42.9. The number of carbonyl (C=O) groups is 7. The zero-order valence-electron chi connectivity index (χ0n) is 35.3. The summed E-state index contributed by atoms with van der Waals surface area (Å²) >= 11 is 1.31. The van der Waals surface area contributed by atoms with E-state index in [2.05, 4.69) is 37.3 Å². The third-order valence-electron chi connectivity index (χ3n) is 12.1. The Morgan fingerprint density at radius 2 is 1.63 bits per heavy atom. The minimum absolute atomic E-state index is 0.0463. The number of carbonyl (C=O) groups excluding carboxylic acids is 7. The molecular weight excluding hydrogens is 845 g/mol. The third-order valence-corrected chi connectivity index (χ3v) is 12.8. The van der Waals surface area contributed by atoms with Gasteiger partial charge in [-0.1, -0.05) is 54.3 Å². The molecule has 5 aromatic rings. The van der Waals surface area contributed by atoms with E-state index in [4.69, 9.17) is 0 Å². The molecule has 0 radical (unpaired) electrons. The van der Waals surface area contributed by atoms with E-state index in [-0.39, 0.29) is 60.4 Å². The molecule has 15 nitrogen and oxygen atoms in total. The van der Waals surface area contributed by atoms with Gasteiger partial charge in [-0.2, -0.15) is 0 Å². The lowest BCUT2D eigenvalue weighted by molar-refractivity contribution is -0.133. The molecule has 3 aromatic carbocycles. The molecule has 1 saturated carbocycles. The Labute approximate surface area is 378 Å². The molecule has 3 aliphatic heterocycles. The molecule has 2 unspecified atom stereocenters. The van der Waals surface area contributed by atoms with Crippen molar-refractivity contribution in [2.75, 3.05) is 43.4 Å². The van der Waals surface area contributed by atoms with Crippen LogP contribution in [0.1, 0.15) is 97.2 Å². The summed E-state index contributed by atoms with van der Waals surface area (Å²) < 4.78 is 0. The van der Waals surface area contributed by atoms with E-state index in [1.165, 1.54) is 11.3 Å². The van der Waals surface area contributed by atoms with E-state index >= 15 is 0 Å². The number of imide groups is 1. The van der Waals surface area contributed by atoms with Gasteiger partial charge in [-0.15, -0.1) is 11.3 Å². The normalized spacial score (nSPS) is 17.7. The van der Waals surface area contributed by atoms with Crippen molar-refractivity contribution in [2.45, 2.75) is 57.3 Å². The van der Waals surface area contributed by atoms with E-state index in [1.807, 2.05) is 59.5 Å². The second-order valence-corrected chi connectivity index (χ2v) is 17.3. The van der Waals surface area contributed by atoms with Crippen molar-refractivity contribution >= 4 is 63.3 Å². The number of nitrogens with zero attached hydrogens (tertiary/aromatic N) is 6. The number of fused-ring (bicyclic) bond motifs is 2. The van der Waals surface area contributed by atoms with Crippen LogP contribution >= 0.6 is 11.3 Å². The number of benzene rings is 3. The first-order valence-corrected chi connectivity index (χ1v) is 22.4. The van der Waals surface area contributed by atoms with E-state index in [0.717, 1.165) is 21.7 Å². The van der Waals surface area contributed by atoms with E-state index in [1.54, 1.807) is 46.9 Å². The predicted molar refractivity (Wildman–Crippen MR) is 241 cm³/mol. The number of anilines is 2. The van der Waals surface area contributed by atoms with Gasteiger partial charge in [0.15, 0.2) is 10.9 Å². The highest BCUT2D eigenvalue weighted by Gasteiger charge is 2.45. The van der Waals surface area contributed by atoms with Crippen LogP contribution in [0.5, 0.6) is 0 Å². The van der Waals surface area contributed by atoms with Crippen LogP contribution in [0.2, 0.25) is 0 Å². The van der Waals surface area contributed by atoms with Crippen LogP contribution in [-0.2, 0) is 32.3 Å². The molecule has 2 N–H and O–H groups in total. The van der Waals surface area contributed by atoms with Gasteiger partial charge in [0, 0.05) is 98.8 Å². The molecule has 16 heteroatoms. The van der Waals surface area contributed by atoms with Crippen LogP contribution < -0.4 is 10.6 Å². The molecule has 1 saturated heterocycles. The van der Waals surface area contributed by atoms with Crippen molar-refractivity contribution in [3.63, 3.8) is 0 Å². The maximum atomic E-state index is 13.8. The van der Waals surface area contributed by atoms with E-state index < -0.39 is 29.7 Å². The zero-order chi connectivity index (χ0) is 45.0. The van der Waals surface area contributed by atoms with Gasteiger partial charge >= 0.3 is 0 Å². The summed E-state index contributed by atoms with van der Waals surface area (Å²) in [6, 6.07) is 21.8. The number of piperazine rings is 1. The van der Waals surface area contributed by atoms with Gasteiger partial charge in [-0.05, 0) is 60.4 Å². The van der Waals surface area contributed by atoms with Crippen molar-refractivity contribution in [3.8, 4) is 11.8 Å². The summed E-state index contributed by atoms with van der Waals surface area (Å²) in [5.74, 6) is 4.14. The molecule has 2 fully saturated rings. The SMILES string of the molecule is O=C1CCC(N2C(=O)c3cccc(NCCCC(=O)N4CCN(Cc5ccc(C#Cc6ccc7c(c6)C(=O)N(C(C(=O)Nc6nccs6)c6ccccc6)C7)cn5)CC4)c3C2=O)C(=O)C1. The number of hydrogen-bond acceptors (Lipinski definition) is 12.